The predicted octanol–water partition coefficient (Wildman–Crippen LogP) is 9.12. The Morgan fingerprint density at radius 3 is 0.662 bits per heavy atom. The van der Waals surface area contributed by atoms with Crippen molar-refractivity contribution in [3.8, 4) is 115 Å². The average molecular weight is 1100 g/mol. The van der Waals surface area contributed by atoms with Crippen LogP contribution in [0.3, 0.4) is 0 Å². The van der Waals surface area contributed by atoms with Crippen LogP contribution in [0, 0.1) is 11.8 Å². The van der Waals surface area contributed by atoms with Gasteiger partial charge in [0.2, 0.25) is 0 Å². The van der Waals surface area contributed by atoms with Crippen LogP contribution in [-0.4, -0.2) is 102 Å². The van der Waals surface area contributed by atoms with E-state index in [0.717, 1.165) is 0 Å². The third-order valence-electron chi connectivity index (χ3n) is 14.1. The summed E-state index contributed by atoms with van der Waals surface area (Å²) in [6.07, 6.45) is 2.54. The highest BCUT2D eigenvalue weighted by Crippen LogP contribution is 2.46. The lowest BCUT2D eigenvalue weighted by Crippen LogP contribution is -2.19. The minimum Gasteiger partial charge on any atom is -0.504 e. The lowest BCUT2D eigenvalue weighted by molar-refractivity contribution is 0.356. The summed E-state index contributed by atoms with van der Waals surface area (Å²) in [6, 6.07) is 28.0. The van der Waals surface area contributed by atoms with Gasteiger partial charge in [-0.25, -0.2) is 0 Å². The highest BCUT2D eigenvalue weighted by atomic mass is 16.4. The quantitative estimate of drug-likeness (QED) is 0.0356. The van der Waals surface area contributed by atoms with Crippen LogP contribution in [0.2, 0.25) is 0 Å². The van der Waals surface area contributed by atoms with E-state index < -0.39 is 80.8 Å². The topological polar surface area (TPSA) is 405 Å². The molecule has 0 saturated heterocycles. The van der Waals surface area contributed by atoms with Crippen LogP contribution in [0.1, 0.15) is 69.2 Å². The number of benzene rings is 8. The lowest BCUT2D eigenvalue weighted by Gasteiger charge is -2.29. The molecule has 0 fully saturated rings. The predicted molar refractivity (Wildman–Crippen MR) is 289 cm³/mol. The van der Waals surface area contributed by atoms with Crippen molar-refractivity contribution in [3.63, 3.8) is 0 Å². The minimum absolute atomic E-state index is 0.248. The second-order valence-electron chi connectivity index (χ2n) is 19.7. The zero-order chi connectivity index (χ0) is 58.3. The fraction of sp³-hybridized carbons (Fsp3) is 0.200. The normalized spacial score (nSPS) is 12.7. The number of aryl methyl sites for hydroxylation is 2. The first-order chi connectivity index (χ1) is 37.8. The van der Waals surface area contributed by atoms with Crippen molar-refractivity contribution in [1.29, 1.82) is 0 Å². The van der Waals surface area contributed by atoms with Gasteiger partial charge in [0.25, 0.3) is 0 Å². The van der Waals surface area contributed by atoms with E-state index >= 15 is 0 Å². The van der Waals surface area contributed by atoms with E-state index in [-0.39, 0.29) is 70.7 Å². The van der Waals surface area contributed by atoms with Crippen LogP contribution < -0.4 is 0 Å². The van der Waals surface area contributed by atoms with Crippen molar-refractivity contribution in [1.82, 2.24) is 0 Å². The van der Waals surface area contributed by atoms with Gasteiger partial charge in [-0.2, -0.15) is 0 Å². The van der Waals surface area contributed by atoms with E-state index in [9.17, 15) is 102 Å². The number of phenols is 20. The molecule has 4 atom stereocenters. The molecule has 0 bridgehead atoms. The highest BCUT2D eigenvalue weighted by Gasteiger charge is 2.30. The summed E-state index contributed by atoms with van der Waals surface area (Å²) in [7, 11) is 0. The molecular weight excluding hydrogens is 1040 g/mol. The molecule has 0 aliphatic rings. The summed E-state index contributed by atoms with van der Waals surface area (Å²) in [6.45, 7) is 0. The fourth-order valence-electron chi connectivity index (χ4n) is 9.89. The molecule has 0 amide bonds. The molecule has 20 N–H and O–H groups in total. The molecule has 0 unspecified atom stereocenters. The Bertz CT molecular complexity index is 3200. The largest absolute Gasteiger partial charge is 0.504 e. The van der Waals surface area contributed by atoms with E-state index in [1.165, 1.54) is 97.1 Å². The SMILES string of the molecule is Oc1ccc(C[C@@H](CCc2cc(O)c(O)c(O)c2)[C@@H](Cc2ccc(O)c(O)c2)c2cc(O)c(O)c(O)c2)cc1O.Oc1ccc(C[C@H](CCc2cc(O)c(O)c(O)c2)[C@H](Cc2ccc(O)c(O)c2)c2cc(O)c(O)c(O)c2)cc1O. The molecule has 20 nitrogen and oxygen atoms in total. The van der Waals surface area contributed by atoms with Gasteiger partial charge in [0.1, 0.15) is 0 Å². The van der Waals surface area contributed by atoms with Gasteiger partial charge in [0, 0.05) is 0 Å². The fourth-order valence-corrected chi connectivity index (χ4v) is 9.89. The lowest BCUT2D eigenvalue weighted by atomic mass is 9.75. The Labute approximate surface area is 456 Å². The number of rotatable bonds is 18. The van der Waals surface area contributed by atoms with Gasteiger partial charge in [0.15, 0.2) is 115 Å². The Balaban J connectivity index is 0.000000231. The van der Waals surface area contributed by atoms with Gasteiger partial charge in [0.05, 0.1) is 0 Å². The van der Waals surface area contributed by atoms with Crippen molar-refractivity contribution >= 4 is 0 Å². The maximum absolute atomic E-state index is 10.3. The average Bonchev–Trinajstić information content (AvgIpc) is 3.40. The third kappa shape index (κ3) is 13.8. The van der Waals surface area contributed by atoms with Gasteiger partial charge in [-0.3, -0.25) is 0 Å². The van der Waals surface area contributed by atoms with Gasteiger partial charge >= 0.3 is 0 Å². The van der Waals surface area contributed by atoms with Crippen LogP contribution >= 0.6 is 0 Å². The molecule has 8 aromatic rings. The Morgan fingerprint density at radius 2 is 0.425 bits per heavy atom. The summed E-state index contributed by atoms with van der Waals surface area (Å²) >= 11 is 0. The number of phenolic OH excluding ortho intramolecular Hbond substituents is 20. The first-order valence-electron chi connectivity index (χ1n) is 24.9. The molecular formula is C60H60O20. The molecule has 8 aromatic carbocycles. The van der Waals surface area contributed by atoms with Crippen LogP contribution in [0.15, 0.2) is 121 Å². The van der Waals surface area contributed by atoms with Crippen molar-refractivity contribution < 1.29 is 102 Å². The smallest absolute Gasteiger partial charge is 0.200 e. The summed E-state index contributed by atoms with van der Waals surface area (Å²) < 4.78 is 0. The van der Waals surface area contributed by atoms with E-state index in [4.69, 9.17) is 0 Å². The van der Waals surface area contributed by atoms with Crippen LogP contribution in [0.5, 0.6) is 115 Å². The van der Waals surface area contributed by atoms with Gasteiger partial charge in [-0.15, -0.1) is 0 Å². The van der Waals surface area contributed by atoms with E-state index in [0.29, 0.717) is 83.0 Å². The molecule has 0 aromatic heterocycles. The maximum Gasteiger partial charge on any atom is 0.200 e. The van der Waals surface area contributed by atoms with Gasteiger partial charge in [-0.05, 0) is 217 Å². The summed E-state index contributed by atoms with van der Waals surface area (Å²) in [4.78, 5) is 0. The second-order valence-corrected chi connectivity index (χ2v) is 19.7. The molecule has 420 valence electrons. The Hall–Kier alpha value is -10.2. The molecule has 0 aliphatic heterocycles. The molecule has 0 heterocycles. The minimum atomic E-state index is -0.681. The van der Waals surface area contributed by atoms with Crippen molar-refractivity contribution in [2.75, 3.05) is 0 Å². The van der Waals surface area contributed by atoms with Crippen molar-refractivity contribution in [3.05, 3.63) is 166 Å². The summed E-state index contributed by atoms with van der Waals surface area (Å²) in [5.41, 5.74) is 4.48. The van der Waals surface area contributed by atoms with Gasteiger partial charge in [-0.1, -0.05) is 24.3 Å². The van der Waals surface area contributed by atoms with E-state index in [1.807, 2.05) is 0 Å². The molecule has 0 radical (unpaired) electrons. The number of aromatic hydroxyl groups is 20. The number of hydrogen-bond acceptors (Lipinski definition) is 20. The van der Waals surface area contributed by atoms with Crippen LogP contribution in [0.4, 0.5) is 0 Å². The van der Waals surface area contributed by atoms with E-state index in [1.54, 1.807) is 24.3 Å². The second kappa shape index (κ2) is 24.4. The summed E-state index contributed by atoms with van der Waals surface area (Å²) in [5, 5.41) is 200. The monoisotopic (exact) mass is 1100 g/mol. The zero-order valence-corrected chi connectivity index (χ0v) is 42.5. The first-order valence-corrected chi connectivity index (χ1v) is 24.9. The Kier molecular flexibility index (Phi) is 17.5. The molecule has 0 spiro atoms. The van der Waals surface area contributed by atoms with Crippen LogP contribution in [0.25, 0.3) is 0 Å². The van der Waals surface area contributed by atoms with E-state index in [2.05, 4.69) is 0 Å². The zero-order valence-electron chi connectivity index (χ0n) is 42.5. The van der Waals surface area contributed by atoms with Crippen LogP contribution in [-0.2, 0) is 38.5 Å². The first kappa shape index (κ1) is 57.5. The molecule has 20 heteroatoms. The maximum atomic E-state index is 10.3. The standard InChI is InChI=1S/2C30H30O10/c2*31-21-5-2-15(9-23(21)33)7-18(4-1-17-11-25(35)29(39)26(36)12-17)20(8-16-3-6-22(32)24(34)10-16)19-13-27(37)30(40)28(38)14-19/h2*2-3,5-6,9-14,18,20,31-40H,1,4,7-8H2/t2*18-,20-/m10/s1. The molecule has 80 heavy (non-hydrogen) atoms. The molecule has 0 aliphatic carbocycles. The molecule has 8 rings (SSSR count). The van der Waals surface area contributed by atoms with Crippen molar-refractivity contribution in [2.24, 2.45) is 11.8 Å². The molecule has 0 saturated carbocycles. The number of hydrogen-bond donors (Lipinski definition) is 20. The third-order valence-corrected chi connectivity index (χ3v) is 14.1. The summed E-state index contributed by atoms with van der Waals surface area (Å²) in [5.74, 6) is -10.9. The Morgan fingerprint density at radius 1 is 0.212 bits per heavy atom. The van der Waals surface area contributed by atoms with Gasteiger partial charge < -0.3 is 102 Å². The highest BCUT2D eigenvalue weighted by molar-refractivity contribution is 5.56. The van der Waals surface area contributed by atoms with Crippen molar-refractivity contribution in [2.45, 2.75) is 63.2 Å².